The Kier molecular flexibility index (Phi) is 6.40. The predicted molar refractivity (Wildman–Crippen MR) is 139 cm³/mol. The van der Waals surface area contributed by atoms with E-state index in [1.807, 2.05) is 24.3 Å². The second kappa shape index (κ2) is 9.07. The van der Waals surface area contributed by atoms with E-state index in [9.17, 15) is 18.0 Å². The van der Waals surface area contributed by atoms with Crippen LogP contribution in [0, 0.1) is 11.3 Å². The number of thiocarbonyl (C=S) groups is 1. The smallest absolute Gasteiger partial charge is 0.304 e. The maximum atomic E-state index is 13.5. The number of halogens is 3. The molecule has 1 aliphatic rings. The van der Waals surface area contributed by atoms with Gasteiger partial charge in [-0.2, -0.15) is 18.4 Å². The van der Waals surface area contributed by atoms with Gasteiger partial charge >= 0.3 is 6.18 Å². The topological polar surface area (TPSA) is 47.3 Å². The third-order valence-corrected chi connectivity index (χ3v) is 6.76. The molecule has 0 bridgehead atoms. The van der Waals surface area contributed by atoms with Crippen molar-refractivity contribution in [2.24, 2.45) is 0 Å². The van der Waals surface area contributed by atoms with E-state index in [0.717, 1.165) is 28.2 Å². The Bertz CT molecular complexity index is 1370. The number of carbonyl (C=O) groups is 1. The van der Waals surface area contributed by atoms with Crippen LogP contribution in [-0.4, -0.2) is 16.6 Å². The van der Waals surface area contributed by atoms with Gasteiger partial charge in [0.15, 0.2) is 5.11 Å². The summed E-state index contributed by atoms with van der Waals surface area (Å²) in [5.74, 6) is -0.0256. The molecule has 8 heteroatoms. The van der Waals surface area contributed by atoms with E-state index >= 15 is 0 Å². The summed E-state index contributed by atoms with van der Waals surface area (Å²) in [4.78, 5) is 16.1. The van der Waals surface area contributed by atoms with Crippen molar-refractivity contribution >= 4 is 34.6 Å². The van der Waals surface area contributed by atoms with Gasteiger partial charge in [-0.25, -0.2) is 0 Å². The van der Waals surface area contributed by atoms with Gasteiger partial charge in [0.1, 0.15) is 5.54 Å². The van der Waals surface area contributed by atoms with E-state index in [2.05, 4.69) is 38.1 Å². The third-order valence-electron chi connectivity index (χ3n) is 6.39. The van der Waals surface area contributed by atoms with Crippen LogP contribution in [0.2, 0.25) is 0 Å². The zero-order valence-electron chi connectivity index (χ0n) is 20.2. The van der Waals surface area contributed by atoms with Crippen LogP contribution in [-0.2, 0) is 11.0 Å². The molecule has 0 radical (unpaired) electrons. The molecule has 0 atom stereocenters. The van der Waals surface area contributed by atoms with Crippen LogP contribution in [0.15, 0.2) is 66.7 Å². The standard InChI is InChI=1S/C28H24F3N3OS/c1-17(2)18-5-7-19(8-6-18)20-9-12-22(13-10-20)34-26(36)33(25(35)27(34,3)4)23-14-11-21(16-32)24(15-23)28(29,30)31/h5-15,17H,1-4H3. The van der Waals surface area contributed by atoms with Crippen molar-refractivity contribution in [2.45, 2.75) is 45.3 Å². The van der Waals surface area contributed by atoms with E-state index in [4.69, 9.17) is 17.5 Å². The molecule has 1 aliphatic heterocycles. The molecule has 4 rings (SSSR count). The lowest BCUT2D eigenvalue weighted by Gasteiger charge is -2.29. The van der Waals surface area contributed by atoms with Gasteiger partial charge in [-0.15, -0.1) is 0 Å². The highest BCUT2D eigenvalue weighted by Crippen LogP contribution is 2.40. The van der Waals surface area contributed by atoms with Gasteiger partial charge in [0.2, 0.25) is 0 Å². The number of nitriles is 1. The number of anilines is 2. The van der Waals surface area contributed by atoms with Gasteiger partial charge in [0.25, 0.3) is 5.91 Å². The molecule has 3 aromatic carbocycles. The summed E-state index contributed by atoms with van der Waals surface area (Å²) in [7, 11) is 0. The molecule has 1 saturated heterocycles. The van der Waals surface area contributed by atoms with Crippen molar-refractivity contribution < 1.29 is 18.0 Å². The van der Waals surface area contributed by atoms with Crippen LogP contribution in [0.4, 0.5) is 24.5 Å². The highest BCUT2D eigenvalue weighted by atomic mass is 32.1. The first kappa shape index (κ1) is 25.4. The zero-order chi connectivity index (χ0) is 26.4. The first-order chi connectivity index (χ1) is 16.9. The lowest BCUT2D eigenvalue weighted by Crippen LogP contribution is -2.44. The van der Waals surface area contributed by atoms with Crippen molar-refractivity contribution in [3.63, 3.8) is 0 Å². The van der Waals surface area contributed by atoms with Crippen molar-refractivity contribution in [3.05, 3.63) is 83.4 Å². The van der Waals surface area contributed by atoms with Crippen molar-refractivity contribution in [1.82, 2.24) is 0 Å². The van der Waals surface area contributed by atoms with E-state index in [1.54, 1.807) is 24.8 Å². The lowest BCUT2D eigenvalue weighted by atomic mass is 9.98. The Morgan fingerprint density at radius 3 is 1.94 bits per heavy atom. The fourth-order valence-corrected chi connectivity index (χ4v) is 4.84. The molecule has 36 heavy (non-hydrogen) atoms. The second-order valence-electron chi connectivity index (χ2n) is 9.48. The Labute approximate surface area is 213 Å². The maximum Gasteiger partial charge on any atom is 0.417 e. The molecule has 0 aromatic heterocycles. The van der Waals surface area contributed by atoms with Crippen LogP contribution in [0.1, 0.15) is 50.3 Å². The van der Waals surface area contributed by atoms with Crippen molar-refractivity contribution in [1.29, 1.82) is 5.26 Å². The van der Waals surface area contributed by atoms with Crippen LogP contribution < -0.4 is 9.80 Å². The quantitative estimate of drug-likeness (QED) is 0.348. The minimum absolute atomic E-state index is 0.0336. The second-order valence-corrected chi connectivity index (χ2v) is 9.85. The molecule has 4 nitrogen and oxygen atoms in total. The fourth-order valence-electron chi connectivity index (χ4n) is 4.32. The van der Waals surface area contributed by atoms with E-state index in [0.29, 0.717) is 11.6 Å². The highest BCUT2D eigenvalue weighted by molar-refractivity contribution is 7.81. The van der Waals surface area contributed by atoms with Crippen molar-refractivity contribution in [3.8, 4) is 17.2 Å². The Hall–Kier alpha value is -3.70. The summed E-state index contributed by atoms with van der Waals surface area (Å²) >= 11 is 5.60. The Morgan fingerprint density at radius 1 is 0.917 bits per heavy atom. The number of alkyl halides is 3. The molecule has 0 N–H and O–H groups in total. The summed E-state index contributed by atoms with van der Waals surface area (Å²) in [6, 6.07) is 20.6. The van der Waals surface area contributed by atoms with Crippen molar-refractivity contribution in [2.75, 3.05) is 9.80 Å². The third kappa shape index (κ3) is 4.35. The number of amides is 1. The average molecular weight is 508 g/mol. The number of nitrogens with zero attached hydrogens (tertiary/aromatic N) is 3. The number of hydrogen-bond donors (Lipinski definition) is 0. The number of rotatable bonds is 4. The van der Waals surface area contributed by atoms with Crippen LogP contribution in [0.5, 0.6) is 0 Å². The van der Waals surface area contributed by atoms with Crippen LogP contribution >= 0.6 is 12.2 Å². The molecule has 1 heterocycles. The summed E-state index contributed by atoms with van der Waals surface area (Å²) in [5, 5.41) is 9.16. The van der Waals surface area contributed by atoms with Gasteiger partial charge in [0.05, 0.1) is 22.9 Å². The highest BCUT2D eigenvalue weighted by Gasteiger charge is 2.50. The van der Waals surface area contributed by atoms with E-state index in [-0.39, 0.29) is 10.8 Å². The van der Waals surface area contributed by atoms with Crippen LogP contribution in [0.25, 0.3) is 11.1 Å². The normalized spacial score (nSPS) is 15.5. The summed E-state index contributed by atoms with van der Waals surface area (Å²) in [5.41, 5.74) is 1.13. The largest absolute Gasteiger partial charge is 0.417 e. The predicted octanol–water partition coefficient (Wildman–Crippen LogP) is 7.28. The van der Waals surface area contributed by atoms with E-state index < -0.39 is 28.7 Å². The zero-order valence-corrected chi connectivity index (χ0v) is 21.0. The van der Waals surface area contributed by atoms with Gasteiger partial charge in [-0.05, 0) is 79.0 Å². The lowest BCUT2D eigenvalue weighted by molar-refractivity contribution is -0.137. The molecular formula is C28H24F3N3OS. The first-order valence-corrected chi connectivity index (χ1v) is 11.8. The summed E-state index contributed by atoms with van der Waals surface area (Å²) in [6.07, 6.45) is -4.75. The molecular weight excluding hydrogens is 483 g/mol. The van der Waals surface area contributed by atoms with Gasteiger partial charge < -0.3 is 4.90 Å². The maximum absolute atomic E-state index is 13.5. The molecule has 1 fully saturated rings. The molecule has 3 aromatic rings. The average Bonchev–Trinajstić information content (AvgIpc) is 3.01. The molecule has 1 amide bonds. The van der Waals surface area contributed by atoms with Gasteiger partial charge in [-0.3, -0.25) is 9.69 Å². The monoisotopic (exact) mass is 507 g/mol. The Balaban J connectivity index is 1.68. The van der Waals surface area contributed by atoms with Gasteiger partial charge in [-0.1, -0.05) is 50.2 Å². The molecule has 184 valence electrons. The number of benzene rings is 3. The number of carbonyl (C=O) groups excluding carboxylic acids is 1. The molecule has 0 aliphatic carbocycles. The van der Waals surface area contributed by atoms with E-state index in [1.165, 1.54) is 11.6 Å². The molecule has 0 unspecified atom stereocenters. The number of hydrogen-bond acceptors (Lipinski definition) is 3. The minimum Gasteiger partial charge on any atom is -0.304 e. The molecule has 0 saturated carbocycles. The van der Waals surface area contributed by atoms with Gasteiger partial charge in [0, 0.05) is 5.69 Å². The van der Waals surface area contributed by atoms with Crippen LogP contribution in [0.3, 0.4) is 0 Å². The fraction of sp³-hybridized carbons (Fsp3) is 0.250. The summed E-state index contributed by atoms with van der Waals surface area (Å²) < 4.78 is 40.6. The Morgan fingerprint density at radius 2 is 1.44 bits per heavy atom. The minimum atomic E-state index is -4.75. The SMILES string of the molecule is CC(C)c1ccc(-c2ccc(N3C(=S)N(c4ccc(C#N)c(C(F)(F)F)c4)C(=O)C3(C)C)cc2)cc1. The molecule has 0 spiro atoms. The summed E-state index contributed by atoms with van der Waals surface area (Å²) in [6.45, 7) is 7.62. The first-order valence-electron chi connectivity index (χ1n) is 11.4.